The molecule has 7 heteroatoms. The summed E-state index contributed by atoms with van der Waals surface area (Å²) in [6, 6.07) is 7.64. The first-order chi connectivity index (χ1) is 10.2. The third kappa shape index (κ3) is 2.96. The van der Waals surface area contributed by atoms with Crippen molar-refractivity contribution >= 4 is 38.6 Å². The Labute approximate surface area is 134 Å². The van der Waals surface area contributed by atoms with Crippen molar-refractivity contribution in [1.29, 1.82) is 0 Å². The van der Waals surface area contributed by atoms with Gasteiger partial charge in [0, 0.05) is 10.7 Å². The molecule has 0 amide bonds. The number of fused-ring (bicyclic) bond motifs is 1. The molecule has 0 radical (unpaired) electrons. The number of H-pyrrole nitrogens is 1. The van der Waals surface area contributed by atoms with Crippen molar-refractivity contribution in [2.45, 2.75) is 6.61 Å². The van der Waals surface area contributed by atoms with Crippen LogP contribution in [-0.2, 0) is 6.61 Å². The lowest BCUT2D eigenvalue weighted by molar-refractivity contribution is 0.297. The summed E-state index contributed by atoms with van der Waals surface area (Å²) in [6.45, 7) is 0.379. The van der Waals surface area contributed by atoms with Crippen molar-refractivity contribution < 1.29 is 9.47 Å². The van der Waals surface area contributed by atoms with Crippen LogP contribution in [0.1, 0.15) is 5.56 Å². The highest BCUT2D eigenvalue weighted by Gasteiger charge is 2.13. The van der Waals surface area contributed by atoms with Crippen molar-refractivity contribution in [3.8, 4) is 11.6 Å². The summed E-state index contributed by atoms with van der Waals surface area (Å²) >= 11 is 9.34. The number of nitrogens with zero attached hydrogens (tertiary/aromatic N) is 2. The Bertz CT molecular complexity index is 774. The predicted octanol–water partition coefficient (Wildman–Crippen LogP) is 3.96. The average Bonchev–Trinajstić information content (AvgIpc) is 2.86. The molecule has 5 nitrogen and oxygen atoms in total. The predicted molar refractivity (Wildman–Crippen MR) is 83.9 cm³/mol. The van der Waals surface area contributed by atoms with E-state index in [1.807, 2.05) is 24.3 Å². The second kappa shape index (κ2) is 5.91. The highest BCUT2D eigenvalue weighted by Crippen LogP contribution is 2.31. The Hall–Kier alpha value is -1.79. The molecule has 2 heterocycles. The highest BCUT2D eigenvalue weighted by molar-refractivity contribution is 9.10. The van der Waals surface area contributed by atoms with E-state index in [2.05, 4.69) is 30.9 Å². The maximum Gasteiger partial charge on any atom is 0.228 e. The first kappa shape index (κ1) is 14.2. The number of hydrogen-bond donors (Lipinski definition) is 1. The summed E-state index contributed by atoms with van der Waals surface area (Å²) in [6.07, 6.45) is 1.77. The second-order valence-corrected chi connectivity index (χ2v) is 5.49. The molecule has 3 aromatic rings. The molecule has 108 valence electrons. The number of methoxy groups -OCH3 is 1. The van der Waals surface area contributed by atoms with Crippen LogP contribution < -0.4 is 9.47 Å². The fourth-order valence-electron chi connectivity index (χ4n) is 1.92. The van der Waals surface area contributed by atoms with Gasteiger partial charge in [-0.15, -0.1) is 0 Å². The SMILES string of the molecule is COc1ccc(COc2nc(Cl)nc3[nH]cc(Br)c23)cc1. The van der Waals surface area contributed by atoms with Gasteiger partial charge in [0.25, 0.3) is 0 Å². The van der Waals surface area contributed by atoms with E-state index >= 15 is 0 Å². The molecule has 0 spiro atoms. The van der Waals surface area contributed by atoms with Gasteiger partial charge in [-0.1, -0.05) is 12.1 Å². The molecule has 21 heavy (non-hydrogen) atoms. The van der Waals surface area contributed by atoms with Crippen LogP contribution in [0.2, 0.25) is 5.28 Å². The van der Waals surface area contributed by atoms with Gasteiger partial charge in [0.2, 0.25) is 11.2 Å². The standard InChI is InChI=1S/C14H11BrClN3O2/c1-20-9-4-2-8(3-5-9)7-21-13-11-10(15)6-17-12(11)18-14(16)19-13/h2-6H,7H2,1H3,(H,17,18,19). The minimum absolute atomic E-state index is 0.140. The Morgan fingerprint density at radius 3 is 2.71 bits per heavy atom. The number of benzene rings is 1. The highest BCUT2D eigenvalue weighted by atomic mass is 79.9. The van der Waals surface area contributed by atoms with E-state index in [4.69, 9.17) is 21.1 Å². The average molecular weight is 369 g/mol. The Kier molecular flexibility index (Phi) is 3.98. The van der Waals surface area contributed by atoms with Gasteiger partial charge in [0.1, 0.15) is 18.0 Å². The molecule has 1 aromatic carbocycles. The Balaban J connectivity index is 1.85. The molecule has 0 saturated heterocycles. The number of aromatic nitrogens is 3. The van der Waals surface area contributed by atoms with E-state index < -0.39 is 0 Å². The van der Waals surface area contributed by atoms with Crippen LogP contribution >= 0.6 is 27.5 Å². The van der Waals surface area contributed by atoms with E-state index in [1.165, 1.54) is 0 Å². The molecule has 0 bridgehead atoms. The number of rotatable bonds is 4. The number of nitrogens with one attached hydrogen (secondary N) is 1. The molecule has 0 aliphatic heterocycles. The topological polar surface area (TPSA) is 60.0 Å². The van der Waals surface area contributed by atoms with E-state index in [1.54, 1.807) is 13.3 Å². The molecule has 0 aliphatic rings. The lowest BCUT2D eigenvalue weighted by Crippen LogP contribution is -1.99. The van der Waals surface area contributed by atoms with E-state index in [0.29, 0.717) is 18.1 Å². The van der Waals surface area contributed by atoms with Crippen LogP contribution in [0.25, 0.3) is 11.0 Å². The zero-order valence-corrected chi connectivity index (χ0v) is 13.4. The first-order valence-electron chi connectivity index (χ1n) is 6.13. The van der Waals surface area contributed by atoms with Crippen molar-refractivity contribution in [3.63, 3.8) is 0 Å². The van der Waals surface area contributed by atoms with Crippen LogP contribution in [0.3, 0.4) is 0 Å². The van der Waals surface area contributed by atoms with Gasteiger partial charge in [0.15, 0.2) is 0 Å². The fraction of sp³-hybridized carbons (Fsp3) is 0.143. The lowest BCUT2D eigenvalue weighted by Gasteiger charge is -2.08. The summed E-state index contributed by atoms with van der Waals surface area (Å²) in [7, 11) is 1.63. The minimum Gasteiger partial charge on any atom is -0.497 e. The molecule has 1 N–H and O–H groups in total. The van der Waals surface area contributed by atoms with Crippen LogP contribution in [0.4, 0.5) is 0 Å². The maximum atomic E-state index is 5.90. The summed E-state index contributed by atoms with van der Waals surface area (Å²) in [5.74, 6) is 1.24. The molecule has 0 saturated carbocycles. The number of aromatic amines is 1. The zero-order valence-electron chi connectivity index (χ0n) is 11.1. The maximum absolute atomic E-state index is 5.90. The zero-order chi connectivity index (χ0) is 14.8. The van der Waals surface area contributed by atoms with Crippen molar-refractivity contribution in [2.75, 3.05) is 7.11 Å². The van der Waals surface area contributed by atoms with E-state index in [9.17, 15) is 0 Å². The third-order valence-corrected chi connectivity index (χ3v) is 3.75. The number of ether oxygens (including phenoxy) is 2. The Morgan fingerprint density at radius 1 is 1.24 bits per heavy atom. The van der Waals surface area contributed by atoms with E-state index in [0.717, 1.165) is 21.2 Å². The van der Waals surface area contributed by atoms with Gasteiger partial charge in [-0.3, -0.25) is 0 Å². The summed E-state index contributed by atoms with van der Waals surface area (Å²) in [4.78, 5) is 11.3. The molecule has 0 fully saturated rings. The lowest BCUT2D eigenvalue weighted by atomic mass is 10.2. The monoisotopic (exact) mass is 367 g/mol. The van der Waals surface area contributed by atoms with Gasteiger partial charge in [0.05, 0.1) is 12.5 Å². The third-order valence-electron chi connectivity index (χ3n) is 2.96. The fourth-order valence-corrected chi connectivity index (χ4v) is 2.55. The molecular weight excluding hydrogens is 358 g/mol. The Morgan fingerprint density at radius 2 is 2.00 bits per heavy atom. The molecule has 3 rings (SSSR count). The normalized spacial score (nSPS) is 10.8. The van der Waals surface area contributed by atoms with Gasteiger partial charge in [-0.2, -0.15) is 9.97 Å². The van der Waals surface area contributed by atoms with Crippen molar-refractivity contribution in [2.24, 2.45) is 0 Å². The molecule has 0 aliphatic carbocycles. The smallest absolute Gasteiger partial charge is 0.228 e. The molecule has 0 unspecified atom stereocenters. The number of hydrogen-bond acceptors (Lipinski definition) is 4. The van der Waals surface area contributed by atoms with E-state index in [-0.39, 0.29) is 5.28 Å². The largest absolute Gasteiger partial charge is 0.497 e. The molecule has 0 atom stereocenters. The first-order valence-corrected chi connectivity index (χ1v) is 7.30. The van der Waals surface area contributed by atoms with Gasteiger partial charge in [-0.05, 0) is 45.2 Å². The van der Waals surface area contributed by atoms with Crippen molar-refractivity contribution in [1.82, 2.24) is 15.0 Å². The number of halogens is 2. The quantitative estimate of drug-likeness (QED) is 0.708. The molecule has 2 aromatic heterocycles. The second-order valence-electron chi connectivity index (χ2n) is 4.29. The van der Waals surface area contributed by atoms with Crippen LogP contribution in [0.15, 0.2) is 34.9 Å². The summed E-state index contributed by atoms with van der Waals surface area (Å²) in [5.41, 5.74) is 1.64. The van der Waals surface area contributed by atoms with Gasteiger partial charge >= 0.3 is 0 Å². The van der Waals surface area contributed by atoms with Crippen LogP contribution in [-0.4, -0.2) is 22.1 Å². The van der Waals surface area contributed by atoms with Crippen molar-refractivity contribution in [3.05, 3.63) is 45.8 Å². The molecular formula is C14H11BrClN3O2. The van der Waals surface area contributed by atoms with Gasteiger partial charge < -0.3 is 14.5 Å². The summed E-state index contributed by atoms with van der Waals surface area (Å²) < 4.78 is 11.7. The van der Waals surface area contributed by atoms with Crippen LogP contribution in [0, 0.1) is 0 Å². The van der Waals surface area contributed by atoms with Gasteiger partial charge in [-0.25, -0.2) is 0 Å². The van der Waals surface area contributed by atoms with Crippen LogP contribution in [0.5, 0.6) is 11.6 Å². The summed E-state index contributed by atoms with van der Waals surface area (Å²) in [5, 5.41) is 0.912. The minimum atomic E-state index is 0.140.